The van der Waals surface area contributed by atoms with E-state index in [2.05, 4.69) is 26.0 Å². The predicted octanol–water partition coefficient (Wildman–Crippen LogP) is 3.17. The van der Waals surface area contributed by atoms with Gasteiger partial charge < -0.3 is 5.11 Å². The zero-order valence-corrected chi connectivity index (χ0v) is 9.76. The van der Waals surface area contributed by atoms with E-state index in [9.17, 15) is 5.11 Å². The van der Waals surface area contributed by atoms with Crippen LogP contribution in [0.25, 0.3) is 0 Å². The van der Waals surface area contributed by atoms with Gasteiger partial charge in [-0.2, -0.15) is 0 Å². The maximum Gasteiger partial charge on any atom is 0.0891 e. The summed E-state index contributed by atoms with van der Waals surface area (Å²) in [6, 6.07) is 6.17. The van der Waals surface area contributed by atoms with Crippen LogP contribution in [0, 0.1) is 19.8 Å². The van der Waals surface area contributed by atoms with E-state index in [-0.39, 0.29) is 5.92 Å². The summed E-state index contributed by atoms with van der Waals surface area (Å²) in [5.41, 5.74) is 2.80. The van der Waals surface area contributed by atoms with Crippen LogP contribution in [-0.2, 0) is 5.60 Å². The van der Waals surface area contributed by atoms with Gasteiger partial charge in [0.1, 0.15) is 0 Å². The van der Waals surface area contributed by atoms with Crippen molar-refractivity contribution in [3.05, 3.63) is 34.9 Å². The summed E-state index contributed by atoms with van der Waals surface area (Å²) in [7, 11) is 0. The maximum absolute atomic E-state index is 10.3. The highest BCUT2D eigenvalue weighted by atomic mass is 16.3. The predicted molar refractivity (Wildman–Crippen MR) is 60.3 cm³/mol. The van der Waals surface area contributed by atoms with Gasteiger partial charge in [0.25, 0.3) is 0 Å². The van der Waals surface area contributed by atoms with Crippen LogP contribution in [0.4, 0.5) is 0 Å². The van der Waals surface area contributed by atoms with Gasteiger partial charge in [-0.05, 0) is 43.4 Å². The van der Waals surface area contributed by atoms with Crippen molar-refractivity contribution >= 4 is 0 Å². The third-order valence-electron chi connectivity index (χ3n) is 3.22. The molecule has 0 aromatic heterocycles. The summed E-state index contributed by atoms with van der Waals surface area (Å²) in [5.74, 6) is 0.226. The molecule has 0 unspecified atom stereocenters. The SMILES string of the molecule is Cc1ccc([C@](C)(O)C(C)C)cc1C. The highest BCUT2D eigenvalue weighted by Gasteiger charge is 2.27. The third-order valence-corrected chi connectivity index (χ3v) is 3.22. The summed E-state index contributed by atoms with van der Waals surface area (Å²) in [4.78, 5) is 0. The Morgan fingerprint density at radius 3 is 2.14 bits per heavy atom. The topological polar surface area (TPSA) is 20.2 Å². The molecule has 0 saturated heterocycles. The molecule has 0 spiro atoms. The molecule has 0 radical (unpaired) electrons. The molecule has 1 atom stereocenters. The monoisotopic (exact) mass is 192 g/mol. The molecule has 1 aromatic carbocycles. The van der Waals surface area contributed by atoms with Crippen molar-refractivity contribution in [2.45, 2.75) is 40.2 Å². The first kappa shape index (κ1) is 11.3. The van der Waals surface area contributed by atoms with Crippen molar-refractivity contribution in [2.75, 3.05) is 0 Å². The summed E-state index contributed by atoms with van der Waals surface area (Å²) >= 11 is 0. The van der Waals surface area contributed by atoms with Crippen molar-refractivity contribution < 1.29 is 5.11 Å². The van der Waals surface area contributed by atoms with E-state index in [1.54, 1.807) is 0 Å². The third kappa shape index (κ3) is 1.98. The van der Waals surface area contributed by atoms with Crippen LogP contribution in [0.5, 0.6) is 0 Å². The van der Waals surface area contributed by atoms with Gasteiger partial charge in [-0.1, -0.05) is 32.0 Å². The Bertz CT molecular complexity index is 324. The zero-order chi connectivity index (χ0) is 10.9. The lowest BCUT2D eigenvalue weighted by atomic mass is 9.84. The van der Waals surface area contributed by atoms with E-state index in [0.29, 0.717) is 0 Å². The molecule has 1 rings (SSSR count). The van der Waals surface area contributed by atoms with Gasteiger partial charge >= 0.3 is 0 Å². The van der Waals surface area contributed by atoms with E-state index in [1.165, 1.54) is 11.1 Å². The second-order valence-corrected chi connectivity index (χ2v) is 4.60. The summed E-state index contributed by atoms with van der Waals surface area (Å²) in [6.45, 7) is 10.1. The molecular weight excluding hydrogens is 172 g/mol. The molecule has 0 bridgehead atoms. The molecular formula is C13H20O. The zero-order valence-electron chi connectivity index (χ0n) is 9.76. The Labute approximate surface area is 86.8 Å². The van der Waals surface area contributed by atoms with E-state index in [0.717, 1.165) is 5.56 Å². The van der Waals surface area contributed by atoms with Crippen molar-refractivity contribution in [3.8, 4) is 0 Å². The van der Waals surface area contributed by atoms with E-state index >= 15 is 0 Å². The van der Waals surface area contributed by atoms with Gasteiger partial charge in [0.05, 0.1) is 5.60 Å². The Kier molecular flexibility index (Phi) is 3.01. The van der Waals surface area contributed by atoms with Gasteiger partial charge in [-0.15, -0.1) is 0 Å². The fourth-order valence-corrected chi connectivity index (χ4v) is 1.39. The van der Waals surface area contributed by atoms with E-state index < -0.39 is 5.60 Å². The minimum Gasteiger partial charge on any atom is -0.385 e. The molecule has 1 aromatic rings. The quantitative estimate of drug-likeness (QED) is 0.763. The smallest absolute Gasteiger partial charge is 0.0891 e. The Hall–Kier alpha value is -0.820. The molecule has 0 aliphatic rings. The Morgan fingerprint density at radius 2 is 1.71 bits per heavy atom. The number of rotatable bonds is 2. The largest absolute Gasteiger partial charge is 0.385 e. The second kappa shape index (κ2) is 3.74. The molecule has 0 saturated carbocycles. The van der Waals surface area contributed by atoms with Crippen LogP contribution >= 0.6 is 0 Å². The van der Waals surface area contributed by atoms with Crippen LogP contribution in [0.1, 0.15) is 37.5 Å². The van der Waals surface area contributed by atoms with Crippen LogP contribution in [0.2, 0.25) is 0 Å². The van der Waals surface area contributed by atoms with E-state index in [1.807, 2.05) is 26.8 Å². The van der Waals surface area contributed by atoms with Gasteiger partial charge in [0, 0.05) is 0 Å². The molecule has 0 amide bonds. The average molecular weight is 192 g/mol. The molecule has 1 N–H and O–H groups in total. The first-order chi connectivity index (χ1) is 6.35. The number of aliphatic hydroxyl groups is 1. The van der Waals surface area contributed by atoms with Gasteiger partial charge in [-0.25, -0.2) is 0 Å². The lowest BCUT2D eigenvalue weighted by molar-refractivity contribution is 0.00899. The van der Waals surface area contributed by atoms with Gasteiger partial charge in [0.15, 0.2) is 0 Å². The lowest BCUT2D eigenvalue weighted by Gasteiger charge is -2.28. The van der Waals surface area contributed by atoms with Crippen molar-refractivity contribution in [1.29, 1.82) is 0 Å². The van der Waals surface area contributed by atoms with Crippen LogP contribution in [-0.4, -0.2) is 5.11 Å². The molecule has 0 heterocycles. The van der Waals surface area contributed by atoms with Crippen molar-refractivity contribution in [2.24, 2.45) is 5.92 Å². The summed E-state index contributed by atoms with van der Waals surface area (Å²) in [5, 5.41) is 10.3. The molecule has 1 heteroatoms. The van der Waals surface area contributed by atoms with Crippen LogP contribution < -0.4 is 0 Å². The minimum absolute atomic E-state index is 0.226. The van der Waals surface area contributed by atoms with Crippen LogP contribution in [0.3, 0.4) is 0 Å². The molecule has 0 aliphatic heterocycles. The van der Waals surface area contributed by atoms with Crippen molar-refractivity contribution in [3.63, 3.8) is 0 Å². The van der Waals surface area contributed by atoms with E-state index in [4.69, 9.17) is 0 Å². The fourth-order valence-electron chi connectivity index (χ4n) is 1.39. The Morgan fingerprint density at radius 1 is 1.14 bits per heavy atom. The molecule has 14 heavy (non-hydrogen) atoms. The number of hydrogen-bond acceptors (Lipinski definition) is 1. The summed E-state index contributed by atoms with van der Waals surface area (Å²) in [6.07, 6.45) is 0. The first-order valence-electron chi connectivity index (χ1n) is 5.16. The minimum atomic E-state index is -0.724. The Balaban J connectivity index is 3.14. The molecule has 78 valence electrons. The molecule has 0 fully saturated rings. The molecule has 0 aliphatic carbocycles. The standard InChI is InChI=1S/C13H20O/c1-9(2)13(5,14)12-7-6-10(3)11(4)8-12/h6-9,14H,1-5H3/t13-/m1/s1. The highest BCUT2D eigenvalue weighted by molar-refractivity contribution is 5.33. The van der Waals surface area contributed by atoms with Crippen molar-refractivity contribution in [1.82, 2.24) is 0 Å². The molecule has 1 nitrogen and oxygen atoms in total. The maximum atomic E-state index is 10.3. The lowest BCUT2D eigenvalue weighted by Crippen LogP contribution is -2.27. The summed E-state index contributed by atoms with van der Waals surface area (Å²) < 4.78 is 0. The normalized spacial score (nSPS) is 15.6. The number of benzene rings is 1. The fraction of sp³-hybridized carbons (Fsp3) is 0.538. The first-order valence-corrected chi connectivity index (χ1v) is 5.16. The highest BCUT2D eigenvalue weighted by Crippen LogP contribution is 2.29. The number of aryl methyl sites for hydroxylation is 2. The second-order valence-electron chi connectivity index (χ2n) is 4.60. The van der Waals surface area contributed by atoms with Crippen LogP contribution in [0.15, 0.2) is 18.2 Å². The van der Waals surface area contributed by atoms with Gasteiger partial charge in [-0.3, -0.25) is 0 Å². The number of hydrogen-bond donors (Lipinski definition) is 1. The van der Waals surface area contributed by atoms with Gasteiger partial charge in [0.2, 0.25) is 0 Å². The average Bonchev–Trinajstić information content (AvgIpc) is 2.09.